The molecular weight excluding hydrogens is 278 g/mol. The van der Waals surface area contributed by atoms with Gasteiger partial charge < -0.3 is 4.74 Å². The molecule has 0 radical (unpaired) electrons. The monoisotopic (exact) mass is 301 g/mol. The summed E-state index contributed by atoms with van der Waals surface area (Å²) in [5, 5.41) is 4.27. The van der Waals surface area contributed by atoms with Crippen LogP contribution in [0.1, 0.15) is 24.9 Å². The summed E-state index contributed by atoms with van der Waals surface area (Å²) in [6.45, 7) is 6.50. The zero-order valence-corrected chi connectivity index (χ0v) is 13.1. The molecule has 0 spiro atoms. The molecule has 2 aromatic heterocycles. The Morgan fingerprint density at radius 3 is 3.14 bits per heavy atom. The second-order valence-corrected chi connectivity index (χ2v) is 5.63. The van der Waals surface area contributed by atoms with Gasteiger partial charge >= 0.3 is 0 Å². The van der Waals surface area contributed by atoms with Crippen molar-refractivity contribution in [3.8, 4) is 0 Å². The smallest absolute Gasteiger partial charge is 0.128 e. The van der Waals surface area contributed by atoms with Crippen LogP contribution in [-0.2, 0) is 24.2 Å². The van der Waals surface area contributed by atoms with E-state index in [0.717, 1.165) is 57.1 Å². The summed E-state index contributed by atoms with van der Waals surface area (Å²) in [5.41, 5.74) is 1.09. The van der Waals surface area contributed by atoms with Crippen molar-refractivity contribution >= 4 is 0 Å². The molecule has 22 heavy (non-hydrogen) atoms. The van der Waals surface area contributed by atoms with Crippen molar-refractivity contribution in [1.82, 2.24) is 24.6 Å². The first-order valence-electron chi connectivity index (χ1n) is 7.95. The maximum atomic E-state index is 5.95. The number of aromatic nitrogens is 4. The van der Waals surface area contributed by atoms with Crippen LogP contribution in [0.3, 0.4) is 0 Å². The van der Waals surface area contributed by atoms with E-state index in [4.69, 9.17) is 4.74 Å². The van der Waals surface area contributed by atoms with Crippen LogP contribution in [0.4, 0.5) is 0 Å². The molecule has 1 saturated heterocycles. The number of hydrogen-bond acceptors (Lipinski definition) is 5. The van der Waals surface area contributed by atoms with Crippen molar-refractivity contribution in [1.29, 1.82) is 0 Å². The van der Waals surface area contributed by atoms with Crippen LogP contribution >= 0.6 is 0 Å². The van der Waals surface area contributed by atoms with E-state index < -0.39 is 0 Å². The van der Waals surface area contributed by atoms with E-state index in [2.05, 4.69) is 26.9 Å². The average Bonchev–Trinajstić information content (AvgIpc) is 2.94. The summed E-state index contributed by atoms with van der Waals surface area (Å²) in [7, 11) is 0. The minimum Gasteiger partial charge on any atom is -0.375 e. The third kappa shape index (κ3) is 4.11. The van der Waals surface area contributed by atoms with E-state index in [0.29, 0.717) is 0 Å². The van der Waals surface area contributed by atoms with E-state index >= 15 is 0 Å². The highest BCUT2D eigenvalue weighted by atomic mass is 16.5. The highest BCUT2D eigenvalue weighted by molar-refractivity contribution is 5.02. The van der Waals surface area contributed by atoms with Gasteiger partial charge in [-0.1, -0.05) is 6.92 Å². The van der Waals surface area contributed by atoms with Gasteiger partial charge in [0.05, 0.1) is 18.3 Å². The summed E-state index contributed by atoms with van der Waals surface area (Å²) in [5.74, 6) is 0.914. The minimum absolute atomic E-state index is 0.176. The number of nitrogens with zero attached hydrogens (tertiary/aromatic N) is 5. The van der Waals surface area contributed by atoms with Crippen molar-refractivity contribution in [2.75, 3.05) is 19.7 Å². The Hall–Kier alpha value is -1.79. The third-order valence-corrected chi connectivity index (χ3v) is 3.85. The number of ether oxygens (including phenoxy) is 1. The molecule has 0 N–H and O–H groups in total. The van der Waals surface area contributed by atoms with E-state index in [9.17, 15) is 0 Å². The standard InChI is InChI=1S/C16H23N5O/c1-2-16-17-7-5-14(19-16)11-20-8-4-10-22-15(12-20)13-21-9-3-6-18-21/h3,5-7,9,15H,2,4,8,10-13H2,1H3/t15-/m0/s1. The summed E-state index contributed by atoms with van der Waals surface area (Å²) in [6, 6.07) is 3.95. The van der Waals surface area contributed by atoms with E-state index in [1.807, 2.05) is 35.4 Å². The highest BCUT2D eigenvalue weighted by Gasteiger charge is 2.20. The number of aryl methyl sites for hydroxylation is 1. The van der Waals surface area contributed by atoms with Crippen molar-refractivity contribution in [3.05, 3.63) is 42.2 Å². The molecule has 0 unspecified atom stereocenters. The van der Waals surface area contributed by atoms with Crippen LogP contribution < -0.4 is 0 Å². The van der Waals surface area contributed by atoms with Crippen LogP contribution in [0.25, 0.3) is 0 Å². The van der Waals surface area contributed by atoms with Gasteiger partial charge in [0.2, 0.25) is 0 Å². The maximum Gasteiger partial charge on any atom is 0.128 e. The first-order valence-corrected chi connectivity index (χ1v) is 7.95. The molecule has 118 valence electrons. The fourth-order valence-electron chi connectivity index (χ4n) is 2.77. The molecule has 1 aliphatic rings. The Kier molecular flexibility index (Phi) is 5.13. The molecule has 6 heteroatoms. The lowest BCUT2D eigenvalue weighted by atomic mass is 10.2. The Morgan fingerprint density at radius 2 is 2.32 bits per heavy atom. The molecule has 0 aliphatic carbocycles. The zero-order chi connectivity index (χ0) is 15.2. The van der Waals surface area contributed by atoms with Crippen LogP contribution in [0.2, 0.25) is 0 Å². The predicted octanol–water partition coefficient (Wildman–Crippen LogP) is 1.53. The van der Waals surface area contributed by atoms with Crippen molar-refractivity contribution in [2.45, 2.75) is 39.0 Å². The van der Waals surface area contributed by atoms with Gasteiger partial charge in [-0.2, -0.15) is 5.10 Å². The molecule has 0 saturated carbocycles. The number of rotatable bonds is 5. The fraction of sp³-hybridized carbons (Fsp3) is 0.562. The van der Waals surface area contributed by atoms with Crippen LogP contribution in [0, 0.1) is 0 Å². The maximum absolute atomic E-state index is 5.95. The summed E-state index contributed by atoms with van der Waals surface area (Å²) < 4.78 is 7.89. The first-order chi connectivity index (χ1) is 10.8. The van der Waals surface area contributed by atoms with Crippen LogP contribution in [0.15, 0.2) is 30.7 Å². The van der Waals surface area contributed by atoms with E-state index in [-0.39, 0.29) is 6.10 Å². The normalized spacial score (nSPS) is 20.0. The summed E-state index contributed by atoms with van der Waals surface area (Å²) in [4.78, 5) is 11.3. The average molecular weight is 301 g/mol. The molecule has 3 heterocycles. The Labute approximate surface area is 131 Å². The lowest BCUT2D eigenvalue weighted by Gasteiger charge is -2.23. The largest absolute Gasteiger partial charge is 0.375 e. The molecule has 0 aromatic carbocycles. The van der Waals surface area contributed by atoms with Gasteiger partial charge in [0.1, 0.15) is 5.82 Å². The quantitative estimate of drug-likeness (QED) is 0.838. The molecule has 2 aromatic rings. The molecule has 6 nitrogen and oxygen atoms in total. The Morgan fingerprint density at radius 1 is 1.36 bits per heavy atom. The molecule has 0 amide bonds. The molecule has 1 fully saturated rings. The Bertz CT molecular complexity index is 572. The van der Waals surface area contributed by atoms with Gasteiger partial charge in [-0.3, -0.25) is 9.58 Å². The molecule has 1 aliphatic heterocycles. The topological polar surface area (TPSA) is 56.1 Å². The lowest BCUT2D eigenvalue weighted by molar-refractivity contribution is 0.0390. The molecule has 0 bridgehead atoms. The van der Waals surface area contributed by atoms with E-state index in [1.165, 1.54) is 0 Å². The van der Waals surface area contributed by atoms with Crippen LogP contribution in [-0.4, -0.2) is 50.4 Å². The second kappa shape index (κ2) is 7.47. The fourth-order valence-corrected chi connectivity index (χ4v) is 2.77. The van der Waals surface area contributed by atoms with Gasteiger partial charge in [-0.05, 0) is 18.6 Å². The summed E-state index contributed by atoms with van der Waals surface area (Å²) in [6.07, 6.45) is 7.75. The van der Waals surface area contributed by atoms with Crippen molar-refractivity contribution in [2.24, 2.45) is 0 Å². The van der Waals surface area contributed by atoms with E-state index in [1.54, 1.807) is 0 Å². The van der Waals surface area contributed by atoms with Gasteiger partial charge in [0, 0.05) is 51.3 Å². The van der Waals surface area contributed by atoms with Gasteiger partial charge in [0.15, 0.2) is 0 Å². The molecular formula is C16H23N5O. The van der Waals surface area contributed by atoms with Crippen LogP contribution in [0.5, 0.6) is 0 Å². The highest BCUT2D eigenvalue weighted by Crippen LogP contribution is 2.11. The summed E-state index contributed by atoms with van der Waals surface area (Å²) >= 11 is 0. The molecule has 3 rings (SSSR count). The molecule has 1 atom stereocenters. The lowest BCUT2D eigenvalue weighted by Crippen LogP contribution is -2.34. The number of hydrogen-bond donors (Lipinski definition) is 0. The SMILES string of the molecule is CCc1nccc(CN2CCCO[C@H](Cn3cccn3)C2)n1. The third-order valence-electron chi connectivity index (χ3n) is 3.85. The van der Waals surface area contributed by atoms with Crippen molar-refractivity contribution in [3.63, 3.8) is 0 Å². The first kappa shape index (κ1) is 15.1. The van der Waals surface area contributed by atoms with Gasteiger partial charge in [-0.15, -0.1) is 0 Å². The van der Waals surface area contributed by atoms with Gasteiger partial charge in [0.25, 0.3) is 0 Å². The Balaban J connectivity index is 1.62. The van der Waals surface area contributed by atoms with Crippen molar-refractivity contribution < 1.29 is 4.74 Å². The minimum atomic E-state index is 0.176. The van der Waals surface area contributed by atoms with Gasteiger partial charge in [-0.25, -0.2) is 9.97 Å². The predicted molar refractivity (Wildman–Crippen MR) is 83.3 cm³/mol. The zero-order valence-electron chi connectivity index (χ0n) is 13.1. The second-order valence-electron chi connectivity index (χ2n) is 5.63.